The third-order valence-electron chi connectivity index (χ3n) is 1.91. The highest BCUT2D eigenvalue weighted by molar-refractivity contribution is 9.10. The number of aromatic nitrogens is 2. The Kier molecular flexibility index (Phi) is 3.93. The van der Waals surface area contributed by atoms with Crippen LogP contribution in [0.2, 0.25) is 0 Å². The molecule has 0 aromatic carbocycles. The molecular weight excluding hydrogens is 288 g/mol. The summed E-state index contributed by atoms with van der Waals surface area (Å²) in [4.78, 5) is 8.47. The third kappa shape index (κ3) is 2.81. The van der Waals surface area contributed by atoms with Gasteiger partial charge in [0, 0.05) is 12.4 Å². The molecule has 0 aliphatic rings. The predicted octanol–water partition coefficient (Wildman–Crippen LogP) is 2.88. The van der Waals surface area contributed by atoms with Gasteiger partial charge < -0.3 is 5.11 Å². The van der Waals surface area contributed by atoms with Gasteiger partial charge in [-0.05, 0) is 51.5 Å². The minimum absolute atomic E-state index is 0.0191. The molecular formula is C11H9BrN2OS. The van der Waals surface area contributed by atoms with Gasteiger partial charge in [0.15, 0.2) is 0 Å². The number of hydrogen-bond acceptors (Lipinski definition) is 4. The van der Waals surface area contributed by atoms with Crippen molar-refractivity contribution in [3.05, 3.63) is 46.7 Å². The zero-order valence-electron chi connectivity index (χ0n) is 8.30. The summed E-state index contributed by atoms with van der Waals surface area (Å²) >= 11 is 4.91. The van der Waals surface area contributed by atoms with Crippen molar-refractivity contribution < 1.29 is 5.11 Å². The third-order valence-corrected chi connectivity index (χ3v) is 3.78. The predicted molar refractivity (Wildman–Crippen MR) is 66.2 cm³/mol. The summed E-state index contributed by atoms with van der Waals surface area (Å²) in [6.07, 6.45) is 3.41. The molecule has 0 radical (unpaired) electrons. The van der Waals surface area contributed by atoms with Gasteiger partial charge in [-0.15, -0.1) is 0 Å². The van der Waals surface area contributed by atoms with E-state index in [4.69, 9.17) is 5.11 Å². The summed E-state index contributed by atoms with van der Waals surface area (Å²) < 4.78 is 0.952. The molecule has 2 rings (SSSR count). The Bertz CT molecular complexity index is 476. The first-order valence-corrected chi connectivity index (χ1v) is 6.24. The molecule has 0 bridgehead atoms. The van der Waals surface area contributed by atoms with Crippen molar-refractivity contribution in [2.45, 2.75) is 16.7 Å². The van der Waals surface area contributed by atoms with Crippen molar-refractivity contribution in [3.8, 4) is 0 Å². The maximum atomic E-state index is 8.90. The first-order chi connectivity index (χ1) is 7.79. The Morgan fingerprint density at radius 3 is 2.75 bits per heavy atom. The molecule has 0 fully saturated rings. The van der Waals surface area contributed by atoms with Crippen LogP contribution in [0.5, 0.6) is 0 Å². The van der Waals surface area contributed by atoms with E-state index in [-0.39, 0.29) is 6.61 Å². The van der Waals surface area contributed by atoms with Crippen molar-refractivity contribution in [1.29, 1.82) is 0 Å². The number of pyridine rings is 2. The molecule has 16 heavy (non-hydrogen) atoms. The lowest BCUT2D eigenvalue weighted by Crippen LogP contribution is -1.87. The summed E-state index contributed by atoms with van der Waals surface area (Å²) in [7, 11) is 0. The van der Waals surface area contributed by atoms with Crippen molar-refractivity contribution in [3.63, 3.8) is 0 Å². The van der Waals surface area contributed by atoms with E-state index in [0.717, 1.165) is 20.1 Å². The van der Waals surface area contributed by atoms with E-state index in [9.17, 15) is 0 Å². The van der Waals surface area contributed by atoms with E-state index < -0.39 is 0 Å². The number of aliphatic hydroxyl groups is 1. The molecule has 0 saturated heterocycles. The monoisotopic (exact) mass is 296 g/mol. The van der Waals surface area contributed by atoms with Crippen LogP contribution in [0, 0.1) is 0 Å². The van der Waals surface area contributed by atoms with Gasteiger partial charge in [-0.25, -0.2) is 9.97 Å². The van der Waals surface area contributed by atoms with Crippen molar-refractivity contribution in [2.75, 3.05) is 0 Å². The lowest BCUT2D eigenvalue weighted by atomic mass is 10.3. The highest BCUT2D eigenvalue weighted by Gasteiger charge is 2.03. The minimum Gasteiger partial charge on any atom is -0.392 e. The summed E-state index contributed by atoms with van der Waals surface area (Å²) in [5, 5.41) is 10.6. The van der Waals surface area contributed by atoms with E-state index in [1.165, 1.54) is 11.8 Å². The topological polar surface area (TPSA) is 46.0 Å². The summed E-state index contributed by atoms with van der Waals surface area (Å²) in [5.41, 5.74) is 0.810. The second-order valence-electron chi connectivity index (χ2n) is 3.06. The van der Waals surface area contributed by atoms with Crippen molar-refractivity contribution >= 4 is 27.7 Å². The normalized spacial score (nSPS) is 10.4. The molecule has 0 aliphatic carbocycles. The molecule has 82 valence electrons. The molecule has 3 nitrogen and oxygen atoms in total. The molecule has 0 spiro atoms. The summed E-state index contributed by atoms with van der Waals surface area (Å²) in [6.45, 7) is 0.0191. The van der Waals surface area contributed by atoms with E-state index in [1.54, 1.807) is 12.4 Å². The standard InChI is InChI=1S/C11H9BrN2OS/c12-9-2-1-5-13-11(9)16-10-4-3-8(7-15)6-14-10/h1-6,15H,7H2. The van der Waals surface area contributed by atoms with Gasteiger partial charge in [-0.3, -0.25) is 0 Å². The molecule has 0 atom stereocenters. The molecule has 0 amide bonds. The second-order valence-corrected chi connectivity index (χ2v) is 4.92. The molecule has 0 aliphatic heterocycles. The van der Waals surface area contributed by atoms with E-state index in [2.05, 4.69) is 25.9 Å². The van der Waals surface area contributed by atoms with Crippen LogP contribution in [0.1, 0.15) is 5.56 Å². The van der Waals surface area contributed by atoms with Crippen LogP contribution in [0.15, 0.2) is 51.2 Å². The van der Waals surface area contributed by atoms with Gasteiger partial charge in [0.1, 0.15) is 10.1 Å². The van der Waals surface area contributed by atoms with Crippen LogP contribution in [0.25, 0.3) is 0 Å². The van der Waals surface area contributed by atoms with Gasteiger partial charge in [0.25, 0.3) is 0 Å². The van der Waals surface area contributed by atoms with Gasteiger partial charge in [0.2, 0.25) is 0 Å². The zero-order chi connectivity index (χ0) is 11.4. The van der Waals surface area contributed by atoms with Crippen molar-refractivity contribution in [1.82, 2.24) is 9.97 Å². The number of halogens is 1. The molecule has 0 saturated carbocycles. The number of nitrogens with zero attached hydrogens (tertiary/aromatic N) is 2. The lowest BCUT2D eigenvalue weighted by molar-refractivity contribution is 0.281. The maximum absolute atomic E-state index is 8.90. The minimum atomic E-state index is 0.0191. The molecule has 0 unspecified atom stereocenters. The van der Waals surface area contributed by atoms with Crippen LogP contribution in [-0.2, 0) is 6.61 Å². The van der Waals surface area contributed by atoms with Gasteiger partial charge in [-0.2, -0.15) is 0 Å². The molecule has 5 heteroatoms. The summed E-state index contributed by atoms with van der Waals surface area (Å²) in [5.74, 6) is 0. The fourth-order valence-corrected chi connectivity index (χ4v) is 2.33. The van der Waals surface area contributed by atoms with Crippen LogP contribution in [0.3, 0.4) is 0 Å². The quantitative estimate of drug-likeness (QED) is 0.946. The highest BCUT2D eigenvalue weighted by atomic mass is 79.9. The second kappa shape index (κ2) is 5.43. The Morgan fingerprint density at radius 2 is 2.12 bits per heavy atom. The average Bonchev–Trinajstić information content (AvgIpc) is 2.33. The van der Waals surface area contributed by atoms with Crippen LogP contribution >= 0.6 is 27.7 Å². The zero-order valence-corrected chi connectivity index (χ0v) is 10.7. The Balaban J connectivity index is 2.18. The molecule has 1 N–H and O–H groups in total. The van der Waals surface area contributed by atoms with Crippen LogP contribution in [-0.4, -0.2) is 15.1 Å². The molecule has 2 aromatic heterocycles. The SMILES string of the molecule is OCc1ccc(Sc2ncccc2Br)nc1. The van der Waals surface area contributed by atoms with Gasteiger partial charge >= 0.3 is 0 Å². The Morgan fingerprint density at radius 1 is 1.25 bits per heavy atom. The Labute approximate surface area is 106 Å². The number of hydrogen-bond donors (Lipinski definition) is 1. The molecule has 2 heterocycles. The Hall–Kier alpha value is -0.910. The fraction of sp³-hybridized carbons (Fsp3) is 0.0909. The highest BCUT2D eigenvalue weighted by Crippen LogP contribution is 2.29. The van der Waals surface area contributed by atoms with Gasteiger partial charge in [-0.1, -0.05) is 6.07 Å². The van der Waals surface area contributed by atoms with Crippen molar-refractivity contribution in [2.24, 2.45) is 0 Å². The number of aliphatic hydroxyl groups excluding tert-OH is 1. The largest absolute Gasteiger partial charge is 0.392 e. The van der Waals surface area contributed by atoms with E-state index >= 15 is 0 Å². The summed E-state index contributed by atoms with van der Waals surface area (Å²) in [6, 6.07) is 7.54. The van der Waals surface area contributed by atoms with E-state index in [1.807, 2.05) is 24.3 Å². The van der Waals surface area contributed by atoms with E-state index in [0.29, 0.717) is 0 Å². The van der Waals surface area contributed by atoms with Crippen LogP contribution in [0.4, 0.5) is 0 Å². The first-order valence-electron chi connectivity index (χ1n) is 4.64. The average molecular weight is 297 g/mol. The number of rotatable bonds is 3. The smallest absolute Gasteiger partial charge is 0.116 e. The molecule has 2 aromatic rings. The lowest BCUT2D eigenvalue weighted by Gasteiger charge is -2.02. The fourth-order valence-electron chi connectivity index (χ4n) is 1.11. The van der Waals surface area contributed by atoms with Gasteiger partial charge in [0.05, 0.1) is 11.1 Å². The van der Waals surface area contributed by atoms with Crippen LogP contribution < -0.4 is 0 Å². The maximum Gasteiger partial charge on any atom is 0.116 e. The first kappa shape index (κ1) is 11.6.